The van der Waals surface area contributed by atoms with Crippen LogP contribution in [0.25, 0.3) is 0 Å². The lowest BCUT2D eigenvalue weighted by Crippen LogP contribution is -2.40. The van der Waals surface area contributed by atoms with Crippen molar-refractivity contribution in [3.8, 4) is 5.75 Å². The first-order valence-electron chi connectivity index (χ1n) is 11.2. The first-order valence-corrected chi connectivity index (χ1v) is 13.8. The Morgan fingerprint density at radius 2 is 1.97 bits per heavy atom. The molecule has 2 aromatic carbocycles. The van der Waals surface area contributed by atoms with E-state index in [0.29, 0.717) is 22.9 Å². The highest BCUT2D eigenvalue weighted by Crippen LogP contribution is 2.43. The van der Waals surface area contributed by atoms with Gasteiger partial charge < -0.3 is 19.5 Å². The van der Waals surface area contributed by atoms with Crippen molar-refractivity contribution >= 4 is 39.1 Å². The Labute approximate surface area is 205 Å². The number of carboxylic acids is 1. The van der Waals surface area contributed by atoms with E-state index in [0.717, 1.165) is 24.9 Å². The summed E-state index contributed by atoms with van der Waals surface area (Å²) in [7, 11) is -0.910. The summed E-state index contributed by atoms with van der Waals surface area (Å²) >= 11 is 1.41. The molecule has 2 atom stereocenters. The SMILES string of the molecule is CCCC[C@H]1CN(c2ccccc2)c2cc(SC)c(OC[C@@H](OC)C(=O)O)cc2S(=O)(=O)N1C. The average Bonchev–Trinajstić information content (AvgIpc) is 2.91. The number of carbonyl (C=O) groups is 1. The molecule has 1 N–H and O–H groups in total. The second kappa shape index (κ2) is 11.4. The van der Waals surface area contributed by atoms with Gasteiger partial charge in [0.05, 0.1) is 10.6 Å². The number of methoxy groups -OCH3 is 1. The lowest BCUT2D eigenvalue weighted by Gasteiger charge is -2.29. The van der Waals surface area contributed by atoms with Gasteiger partial charge in [-0.1, -0.05) is 38.0 Å². The molecule has 186 valence electrons. The number of hydrogen-bond acceptors (Lipinski definition) is 7. The molecule has 1 aliphatic heterocycles. The molecule has 0 unspecified atom stereocenters. The van der Waals surface area contributed by atoms with Crippen molar-refractivity contribution in [2.45, 2.75) is 48.1 Å². The zero-order valence-corrected chi connectivity index (χ0v) is 21.6. The summed E-state index contributed by atoms with van der Waals surface area (Å²) in [6.45, 7) is 2.37. The Bertz CT molecular complexity index is 1090. The van der Waals surface area contributed by atoms with Gasteiger partial charge in [0.15, 0.2) is 6.10 Å². The standard InChI is InChI=1S/C24H32N2O6S2/c1-5-6-10-18-15-26(17-11-8-7-9-12-17)19-13-22(33-4)20(32-16-21(31-3)24(27)28)14-23(19)34(29,30)25(18)2/h7-9,11-14,18,21H,5-6,10,15-16H2,1-4H3,(H,27,28)/t18-,21+/m0/s1. The van der Waals surface area contributed by atoms with Gasteiger partial charge in [-0.05, 0) is 30.9 Å². The second-order valence-corrected chi connectivity index (χ2v) is 10.9. The first-order chi connectivity index (χ1) is 16.2. The van der Waals surface area contributed by atoms with Crippen LogP contribution < -0.4 is 9.64 Å². The number of fused-ring (bicyclic) bond motifs is 1. The maximum Gasteiger partial charge on any atom is 0.336 e. The van der Waals surface area contributed by atoms with Crippen LogP contribution in [0.1, 0.15) is 26.2 Å². The van der Waals surface area contributed by atoms with Crippen LogP contribution in [-0.2, 0) is 19.6 Å². The molecule has 0 amide bonds. The minimum Gasteiger partial charge on any atom is -0.489 e. The summed E-state index contributed by atoms with van der Waals surface area (Å²) in [6.07, 6.45) is 3.35. The number of para-hydroxylation sites is 1. The summed E-state index contributed by atoms with van der Waals surface area (Å²) in [5.41, 5.74) is 1.48. The minimum absolute atomic E-state index is 0.134. The predicted molar refractivity (Wildman–Crippen MR) is 134 cm³/mol. The normalized spacial score (nSPS) is 18.7. The Hall–Kier alpha value is -2.27. The van der Waals surface area contributed by atoms with Crippen molar-refractivity contribution in [3.63, 3.8) is 0 Å². The Balaban J connectivity index is 2.15. The molecule has 34 heavy (non-hydrogen) atoms. The highest BCUT2D eigenvalue weighted by atomic mass is 32.2. The van der Waals surface area contributed by atoms with Crippen molar-refractivity contribution in [2.24, 2.45) is 0 Å². The minimum atomic E-state index is -3.83. The van der Waals surface area contributed by atoms with Gasteiger partial charge in [0, 0.05) is 38.5 Å². The van der Waals surface area contributed by atoms with Gasteiger partial charge in [-0.2, -0.15) is 4.31 Å². The number of rotatable bonds is 10. The van der Waals surface area contributed by atoms with Crippen LogP contribution in [0.4, 0.5) is 11.4 Å². The molecule has 0 fully saturated rings. The van der Waals surface area contributed by atoms with Crippen molar-refractivity contribution in [3.05, 3.63) is 42.5 Å². The lowest BCUT2D eigenvalue weighted by atomic mass is 10.1. The third-order valence-electron chi connectivity index (χ3n) is 6.01. The number of nitrogens with zero attached hydrogens (tertiary/aromatic N) is 2. The average molecular weight is 509 g/mol. The van der Waals surface area contributed by atoms with Crippen molar-refractivity contribution in [2.75, 3.05) is 38.5 Å². The molecule has 1 heterocycles. The van der Waals surface area contributed by atoms with E-state index >= 15 is 0 Å². The molecule has 8 nitrogen and oxygen atoms in total. The van der Waals surface area contributed by atoms with Crippen molar-refractivity contribution in [1.82, 2.24) is 4.31 Å². The molecular formula is C24H32N2O6S2. The van der Waals surface area contributed by atoms with E-state index in [1.54, 1.807) is 7.05 Å². The molecule has 1 aliphatic rings. The summed E-state index contributed by atoms with van der Waals surface area (Å²) < 4.78 is 39.7. The molecule has 0 saturated carbocycles. The van der Waals surface area contributed by atoms with E-state index in [1.807, 2.05) is 42.7 Å². The number of likely N-dealkylation sites (N-methyl/N-ethyl adjacent to an activating group) is 1. The molecule has 0 aromatic heterocycles. The third-order valence-corrected chi connectivity index (χ3v) is 8.71. The number of benzene rings is 2. The fraction of sp³-hybridized carbons (Fsp3) is 0.458. The second-order valence-electron chi connectivity index (χ2n) is 8.11. The number of carboxylic acid groups (broad SMARTS) is 1. The fourth-order valence-corrected chi connectivity index (χ4v) is 6.08. The maximum absolute atomic E-state index is 13.7. The number of ether oxygens (including phenoxy) is 2. The van der Waals surface area contributed by atoms with Crippen LogP contribution in [0.5, 0.6) is 5.75 Å². The summed E-state index contributed by atoms with van der Waals surface area (Å²) in [5.74, 6) is -0.837. The maximum atomic E-state index is 13.7. The largest absolute Gasteiger partial charge is 0.489 e. The van der Waals surface area contributed by atoms with Crippen LogP contribution >= 0.6 is 11.8 Å². The van der Waals surface area contributed by atoms with Gasteiger partial charge in [0.2, 0.25) is 10.0 Å². The molecule has 0 saturated heterocycles. The van der Waals surface area contributed by atoms with Gasteiger partial charge in [-0.15, -0.1) is 11.8 Å². The zero-order valence-electron chi connectivity index (χ0n) is 19.9. The Kier molecular flexibility index (Phi) is 8.86. The zero-order chi connectivity index (χ0) is 24.9. The number of aliphatic carboxylic acids is 1. The van der Waals surface area contributed by atoms with E-state index in [2.05, 4.69) is 11.8 Å². The molecule has 2 aromatic rings. The summed E-state index contributed by atoms with van der Waals surface area (Å²) in [5, 5.41) is 9.27. The van der Waals surface area contributed by atoms with Crippen LogP contribution in [0.15, 0.2) is 52.3 Å². The molecule has 0 spiro atoms. The number of sulfonamides is 1. The van der Waals surface area contributed by atoms with Crippen LogP contribution in [0.2, 0.25) is 0 Å². The number of anilines is 2. The Morgan fingerprint density at radius 3 is 2.56 bits per heavy atom. The predicted octanol–water partition coefficient (Wildman–Crippen LogP) is 4.22. The van der Waals surface area contributed by atoms with Crippen molar-refractivity contribution in [1.29, 1.82) is 0 Å². The number of hydrogen-bond donors (Lipinski definition) is 1. The molecule has 10 heteroatoms. The van der Waals surface area contributed by atoms with Crippen molar-refractivity contribution < 1.29 is 27.8 Å². The van der Waals surface area contributed by atoms with Gasteiger partial charge in [0.1, 0.15) is 17.3 Å². The van der Waals surface area contributed by atoms with Gasteiger partial charge in [0.25, 0.3) is 0 Å². The van der Waals surface area contributed by atoms with E-state index in [-0.39, 0.29) is 17.5 Å². The molecule has 0 aliphatic carbocycles. The lowest BCUT2D eigenvalue weighted by molar-refractivity contribution is -0.150. The highest BCUT2D eigenvalue weighted by Gasteiger charge is 2.37. The molecular weight excluding hydrogens is 476 g/mol. The highest BCUT2D eigenvalue weighted by molar-refractivity contribution is 7.98. The quantitative estimate of drug-likeness (QED) is 0.477. The van der Waals surface area contributed by atoms with Crippen LogP contribution in [0, 0.1) is 0 Å². The van der Waals surface area contributed by atoms with Gasteiger partial charge in [-0.3, -0.25) is 0 Å². The van der Waals surface area contributed by atoms with E-state index in [1.165, 1.54) is 29.2 Å². The summed E-state index contributed by atoms with van der Waals surface area (Å²) in [6, 6.07) is 12.9. The fourth-order valence-electron chi connectivity index (χ4n) is 3.97. The van der Waals surface area contributed by atoms with Crippen LogP contribution in [0.3, 0.4) is 0 Å². The number of unbranched alkanes of at least 4 members (excludes halogenated alkanes) is 1. The monoisotopic (exact) mass is 508 g/mol. The molecule has 0 radical (unpaired) electrons. The van der Waals surface area contributed by atoms with Gasteiger partial charge in [-0.25, -0.2) is 13.2 Å². The topological polar surface area (TPSA) is 96.4 Å². The smallest absolute Gasteiger partial charge is 0.336 e. The third kappa shape index (κ3) is 5.51. The van der Waals surface area contributed by atoms with E-state index in [4.69, 9.17) is 9.47 Å². The number of thioether (sulfide) groups is 1. The summed E-state index contributed by atoms with van der Waals surface area (Å²) in [4.78, 5) is 14.2. The van der Waals surface area contributed by atoms with Gasteiger partial charge >= 0.3 is 5.97 Å². The van der Waals surface area contributed by atoms with E-state index in [9.17, 15) is 18.3 Å². The first kappa shape index (κ1) is 26.3. The van der Waals surface area contributed by atoms with E-state index < -0.39 is 22.1 Å². The van der Waals surface area contributed by atoms with Crippen LogP contribution in [-0.4, -0.2) is 69.5 Å². The molecule has 3 rings (SSSR count). The molecule has 0 bridgehead atoms. The Morgan fingerprint density at radius 1 is 1.26 bits per heavy atom.